The molecule has 0 aromatic rings. The van der Waals surface area contributed by atoms with Crippen LogP contribution in [-0.4, -0.2) is 193 Å². The summed E-state index contributed by atoms with van der Waals surface area (Å²) in [5, 5.41) is 0. The van der Waals surface area contributed by atoms with E-state index in [4.69, 9.17) is 0 Å². The number of halogens is 40. The van der Waals surface area contributed by atoms with Crippen molar-refractivity contribution >= 4 is 0 Å². The zero-order valence-corrected chi connectivity index (χ0v) is 42.9. The summed E-state index contributed by atoms with van der Waals surface area (Å²) < 4.78 is 446. The molecular formula is C42H94F40O5. The molecule has 0 rings (SSSR count). The van der Waals surface area contributed by atoms with Gasteiger partial charge in [-0.3, -0.25) is 71.6 Å². The number of hydrogen-bond donors (Lipinski definition) is 0. The van der Waals surface area contributed by atoms with Gasteiger partial charge in [0.2, 0.25) is 0 Å². The molecule has 0 unspecified atom stereocenters. The van der Waals surface area contributed by atoms with E-state index in [1.54, 1.807) is 0 Å². The topological polar surface area (TPSA) is 46.2 Å². The molecule has 0 aliphatic heterocycles. The number of hydrogen-bond acceptors (Lipinski definition) is 5. The van der Waals surface area contributed by atoms with Crippen LogP contribution >= 0.6 is 0 Å². The van der Waals surface area contributed by atoms with Crippen LogP contribution in [0, 0.1) is 0 Å². The molecule has 0 aliphatic carbocycles. The Bertz CT molecular complexity index is 929. The van der Waals surface area contributed by atoms with Crippen LogP contribution in [-0.2, 0) is 23.9 Å². The first-order valence-corrected chi connectivity index (χ1v) is 17.9. The van der Waals surface area contributed by atoms with Gasteiger partial charge in [-0.2, -0.15) is 83.4 Å². The lowest BCUT2D eigenvalue weighted by molar-refractivity contribution is -0.405. The van der Waals surface area contributed by atoms with E-state index in [-0.39, 0.29) is 86.1 Å². The van der Waals surface area contributed by atoms with E-state index in [2.05, 4.69) is 18.9 Å². The molecule has 0 radical (unpaired) electrons. The molecular weight excluding hydrogens is 1340 g/mol. The first-order chi connectivity index (χ1) is 36.1. The Morgan fingerprint density at radius 1 is 0.264 bits per heavy atom. The van der Waals surface area contributed by atoms with E-state index >= 15 is 0 Å². The average molecular weight is 1440 g/mol. The smallest absolute Gasteiger partial charge is 0.288 e. The summed E-state index contributed by atoms with van der Waals surface area (Å²) in [5.74, 6) is -11.7. The van der Waals surface area contributed by atoms with Crippen LogP contribution < -0.4 is 0 Å². The van der Waals surface area contributed by atoms with E-state index in [0.29, 0.717) is 57.4 Å². The lowest BCUT2D eigenvalue weighted by Crippen LogP contribution is -2.56. The Hall–Kier alpha value is -3.00. The van der Waals surface area contributed by atoms with E-state index in [1.807, 2.05) is 4.94 Å². The van der Waals surface area contributed by atoms with Gasteiger partial charge >= 0.3 is 54.7 Å². The van der Waals surface area contributed by atoms with E-state index < -0.39 is 115 Å². The first-order valence-electron chi connectivity index (χ1n) is 17.9. The third-order valence-electron chi connectivity index (χ3n) is 3.20. The van der Waals surface area contributed by atoms with Crippen molar-refractivity contribution in [1.82, 2.24) is 0 Å². The quantitative estimate of drug-likeness (QED) is 0.136. The van der Waals surface area contributed by atoms with Gasteiger partial charge in [0.15, 0.2) is 54.0 Å². The van der Waals surface area contributed by atoms with Crippen molar-refractivity contribution < 1.29 is 200 Å². The molecule has 45 heteroatoms. The highest BCUT2D eigenvalue weighted by molar-refractivity contribution is 4.91. The van der Waals surface area contributed by atoms with Crippen molar-refractivity contribution in [2.45, 2.75) is 148 Å². The lowest BCUT2D eigenvalue weighted by Gasteiger charge is -2.29. The van der Waals surface area contributed by atoms with Gasteiger partial charge in [-0.25, -0.2) is 35.1 Å². The van der Waals surface area contributed by atoms with Gasteiger partial charge in [-0.15, -0.1) is 4.94 Å². The zero-order valence-electron chi connectivity index (χ0n) is 42.9. The number of rotatable bonds is 17. The third-order valence-corrected chi connectivity index (χ3v) is 3.20. The fourth-order valence-electron chi connectivity index (χ4n) is 1.23. The summed E-state index contributed by atoms with van der Waals surface area (Å²) in [6, 6.07) is 0. The number of alkyl halides is 39. The Balaban J connectivity index is -0.0000000214. The summed E-state index contributed by atoms with van der Waals surface area (Å²) in [6.07, 6.45) is -35.2. The van der Waals surface area contributed by atoms with Gasteiger partial charge in [0.05, 0.1) is 84.1 Å². The highest BCUT2D eigenvalue weighted by Gasteiger charge is 2.73. The van der Waals surface area contributed by atoms with Crippen molar-refractivity contribution in [2.24, 2.45) is 0 Å². The largest absolute Gasteiger partial charge is 0.428 e. The van der Waals surface area contributed by atoms with Crippen molar-refractivity contribution in [3.63, 3.8) is 0 Å². The van der Waals surface area contributed by atoms with E-state index in [1.165, 1.54) is 27.7 Å². The molecule has 572 valence electrons. The summed E-state index contributed by atoms with van der Waals surface area (Å²) in [7, 11) is 4.00. The van der Waals surface area contributed by atoms with Crippen molar-refractivity contribution in [3.05, 3.63) is 0 Å². The molecule has 0 atom stereocenters. The van der Waals surface area contributed by atoms with Gasteiger partial charge < -0.3 is 0 Å². The Morgan fingerprint density at radius 2 is 0.448 bits per heavy atom. The first kappa shape index (κ1) is 166. The maximum Gasteiger partial charge on any atom is 0.428 e. The third kappa shape index (κ3) is 168. The minimum atomic E-state index is -6.11. The molecule has 0 spiro atoms. The van der Waals surface area contributed by atoms with Crippen molar-refractivity contribution in [1.29, 1.82) is 0 Å². The highest BCUT2D eigenvalue weighted by Crippen LogP contribution is 2.46. The Morgan fingerprint density at radius 3 is 0.563 bits per heavy atom. The summed E-state index contributed by atoms with van der Waals surface area (Å²) in [6.45, 7) is -13.1. The van der Waals surface area contributed by atoms with Crippen LogP contribution in [0.25, 0.3) is 0 Å². The second-order valence-electron chi connectivity index (χ2n) is 8.45. The predicted octanol–water partition coefficient (Wildman–Crippen LogP) is 24.0. The van der Waals surface area contributed by atoms with Crippen LogP contribution in [0.3, 0.4) is 0 Å². The molecule has 0 aromatic heterocycles. The maximum atomic E-state index is 12.1. The van der Waals surface area contributed by atoms with Crippen LogP contribution in [0.1, 0.15) is 93.5 Å². The molecule has 0 aromatic carbocycles. The van der Waals surface area contributed by atoms with Crippen LogP contribution in [0.2, 0.25) is 0 Å². The molecule has 0 saturated heterocycles. The molecule has 0 amide bonds. The summed E-state index contributed by atoms with van der Waals surface area (Å²) >= 11 is 0. The van der Waals surface area contributed by atoms with Crippen LogP contribution in [0.4, 0.5) is 176 Å². The van der Waals surface area contributed by atoms with Crippen molar-refractivity contribution in [3.8, 4) is 0 Å². The molecule has 0 saturated carbocycles. The fourth-order valence-corrected chi connectivity index (χ4v) is 1.23. The molecule has 0 bridgehead atoms. The zero-order chi connectivity index (χ0) is 69.2. The molecule has 0 heterocycles. The Labute approximate surface area is 486 Å². The van der Waals surface area contributed by atoms with E-state index in [9.17, 15) is 176 Å². The van der Waals surface area contributed by atoms with Gasteiger partial charge in [0.25, 0.3) is 0 Å². The lowest BCUT2D eigenvalue weighted by atomic mass is 10.2. The molecule has 0 fully saturated rings. The maximum absolute atomic E-state index is 12.1. The van der Waals surface area contributed by atoms with E-state index in [0.717, 1.165) is 0 Å². The monoisotopic (exact) mass is 1440 g/mol. The van der Waals surface area contributed by atoms with Gasteiger partial charge in [-0.1, -0.05) is 59.4 Å². The molecule has 87 heavy (non-hydrogen) atoms. The standard InChI is InChI=1S/C5H4F8O.2C4H4F6O.C3H4F4O.C2H2F4O.4C2H5F.8CH3F.8CH4/c6-1-3(8,9)4(10,11)5(12,13)14-2-7;5-1-3(7,8)11-4(9,10)2-6;5-2-11-4(9,10)1-3(6,7)8;4-1-3(6,7)8-2-5;3-1-2(4,5)7-6;4*1-2-3;8*1-2;;;;;;;;/h1-2H2;2*1-2H2;1-2H2;1H2;4*2H2,1H3;8*1H3;8*1H4. The molecule has 0 N–H and O–H groups in total. The Kier molecular flexibility index (Phi) is 224. The van der Waals surface area contributed by atoms with Gasteiger partial charge in [0.1, 0.15) is 6.42 Å². The number of ether oxygens (including phenoxy) is 4. The molecule has 5 nitrogen and oxygen atoms in total. The van der Waals surface area contributed by atoms with Crippen LogP contribution in [0.5, 0.6) is 0 Å². The summed E-state index contributed by atoms with van der Waals surface area (Å²) in [4.78, 5) is 1.88. The minimum absolute atomic E-state index is 0. The molecule has 0 aliphatic rings. The summed E-state index contributed by atoms with van der Waals surface area (Å²) in [5.41, 5.74) is 0. The van der Waals surface area contributed by atoms with Crippen LogP contribution in [0.15, 0.2) is 0 Å². The van der Waals surface area contributed by atoms with Gasteiger partial charge in [-0.05, 0) is 32.2 Å². The normalized spacial score (nSPS) is 9.24. The highest BCUT2D eigenvalue weighted by atomic mass is 19.4. The SMILES string of the molecule is C.C.C.C.C.C.C.C.CCF.CCF.CCF.CCF.CF.CF.CF.CF.CF.CF.CF.CF.FCC(F)(F)OC(F)(F)CF.FCC(F)(F)OF.FCOC(F)(F)C(F)(F)C(F)(F)CF.FCOC(F)(F)CC(F)(F)F.FCOC(F)(F)CF. The van der Waals surface area contributed by atoms with Crippen molar-refractivity contribution in [2.75, 3.05) is 138 Å². The van der Waals surface area contributed by atoms with Gasteiger partial charge in [0, 0.05) is 0 Å². The second kappa shape index (κ2) is 117. The minimum Gasteiger partial charge on any atom is -0.288 e. The average Bonchev–Trinajstić information content (AvgIpc) is 3.39. The second-order valence-corrected chi connectivity index (χ2v) is 8.45. The fraction of sp³-hybridized carbons (Fsp3) is 1.00. The predicted molar refractivity (Wildman–Crippen MR) is 261 cm³/mol.